The van der Waals surface area contributed by atoms with Crippen LogP contribution in [0.1, 0.15) is 49.1 Å². The third kappa shape index (κ3) is 5.48. The van der Waals surface area contributed by atoms with Crippen LogP contribution in [0.25, 0.3) is 11.0 Å². The highest BCUT2D eigenvalue weighted by molar-refractivity contribution is 5.96. The molecule has 0 N–H and O–H groups in total. The van der Waals surface area contributed by atoms with Gasteiger partial charge in [0, 0.05) is 31.1 Å². The maximum Gasteiger partial charge on any atom is 0.227 e. The number of unbranched alkanes of at least 4 members (excludes halogenated alkanes) is 1. The second-order valence-electron chi connectivity index (χ2n) is 9.74. The zero-order valence-corrected chi connectivity index (χ0v) is 21.9. The van der Waals surface area contributed by atoms with E-state index < -0.39 is 0 Å². The molecule has 3 aromatic carbocycles. The summed E-state index contributed by atoms with van der Waals surface area (Å²) in [6.07, 6.45) is 2.38. The lowest BCUT2D eigenvalue weighted by molar-refractivity contribution is -0.117. The highest BCUT2D eigenvalue weighted by atomic mass is 16.5. The number of anilines is 1. The molecule has 1 aliphatic heterocycles. The molecule has 1 aliphatic rings. The lowest BCUT2D eigenvalue weighted by Crippen LogP contribution is -2.24. The van der Waals surface area contributed by atoms with E-state index in [1.165, 1.54) is 11.1 Å². The van der Waals surface area contributed by atoms with E-state index in [9.17, 15) is 4.79 Å². The van der Waals surface area contributed by atoms with E-state index in [-0.39, 0.29) is 11.8 Å². The zero-order valence-electron chi connectivity index (χ0n) is 21.9. The van der Waals surface area contributed by atoms with E-state index in [2.05, 4.69) is 48.7 Å². The quantitative estimate of drug-likeness (QED) is 0.237. The van der Waals surface area contributed by atoms with Crippen molar-refractivity contribution in [1.82, 2.24) is 9.55 Å². The second kappa shape index (κ2) is 11.1. The molecule has 6 nitrogen and oxygen atoms in total. The molecular weight excluding hydrogens is 462 g/mol. The molecule has 1 amide bonds. The number of aryl methyl sites for hydroxylation is 3. The average molecular weight is 498 g/mol. The summed E-state index contributed by atoms with van der Waals surface area (Å²) in [7, 11) is 0. The lowest BCUT2D eigenvalue weighted by Gasteiger charge is -2.18. The molecule has 1 unspecified atom stereocenters. The minimum Gasteiger partial charge on any atom is -0.494 e. The van der Waals surface area contributed by atoms with Gasteiger partial charge in [0.2, 0.25) is 5.91 Å². The van der Waals surface area contributed by atoms with Crippen molar-refractivity contribution in [3.8, 4) is 11.5 Å². The zero-order chi connectivity index (χ0) is 25.8. The SMILES string of the molecule is CCOc1ccc(N2CC(c3nc4ccccc4n3CCCCOc3ccc(C)c(C)c3)CC2=O)cc1. The first-order chi connectivity index (χ1) is 18.0. The Balaban J connectivity index is 1.27. The summed E-state index contributed by atoms with van der Waals surface area (Å²) in [6.45, 7) is 8.97. The molecule has 0 saturated carbocycles. The van der Waals surface area contributed by atoms with Crippen molar-refractivity contribution in [1.29, 1.82) is 0 Å². The van der Waals surface area contributed by atoms with Crippen LogP contribution in [-0.4, -0.2) is 35.2 Å². The number of para-hydroxylation sites is 2. The fourth-order valence-corrected chi connectivity index (χ4v) is 5.03. The third-order valence-electron chi connectivity index (χ3n) is 7.16. The number of aromatic nitrogens is 2. The smallest absolute Gasteiger partial charge is 0.227 e. The molecule has 1 atom stereocenters. The molecule has 2 heterocycles. The highest BCUT2D eigenvalue weighted by Gasteiger charge is 2.34. The number of rotatable bonds is 10. The van der Waals surface area contributed by atoms with Gasteiger partial charge in [-0.15, -0.1) is 0 Å². The molecule has 1 aromatic heterocycles. The van der Waals surface area contributed by atoms with Gasteiger partial charge in [0.15, 0.2) is 0 Å². The fraction of sp³-hybridized carbons (Fsp3) is 0.355. The van der Waals surface area contributed by atoms with E-state index in [1.54, 1.807) is 0 Å². The van der Waals surface area contributed by atoms with Gasteiger partial charge in [0.05, 0.1) is 24.2 Å². The topological polar surface area (TPSA) is 56.6 Å². The number of benzene rings is 3. The van der Waals surface area contributed by atoms with Gasteiger partial charge in [-0.2, -0.15) is 0 Å². The normalized spacial score (nSPS) is 15.5. The van der Waals surface area contributed by atoms with Crippen molar-refractivity contribution >= 4 is 22.6 Å². The highest BCUT2D eigenvalue weighted by Crippen LogP contribution is 2.34. The molecule has 0 spiro atoms. The minimum absolute atomic E-state index is 0.0539. The Morgan fingerprint density at radius 3 is 2.49 bits per heavy atom. The molecule has 1 saturated heterocycles. The molecule has 0 bridgehead atoms. The van der Waals surface area contributed by atoms with Crippen molar-refractivity contribution < 1.29 is 14.3 Å². The summed E-state index contributed by atoms with van der Waals surface area (Å²) in [5.41, 5.74) is 5.54. The summed E-state index contributed by atoms with van der Waals surface area (Å²) >= 11 is 0. The molecule has 0 radical (unpaired) electrons. The standard InChI is InChI=1S/C31H35N3O3/c1-4-36-26-15-12-25(13-16-26)34-21-24(20-30(34)35)31-32-28-9-5-6-10-29(28)33(31)17-7-8-18-37-27-14-11-22(2)23(3)19-27/h5-6,9-16,19,24H,4,7-8,17-18,20-21H2,1-3H3. The summed E-state index contributed by atoms with van der Waals surface area (Å²) in [4.78, 5) is 19.9. The van der Waals surface area contributed by atoms with E-state index in [4.69, 9.17) is 14.5 Å². The number of nitrogens with zero attached hydrogens (tertiary/aromatic N) is 3. The van der Waals surface area contributed by atoms with Crippen LogP contribution in [0, 0.1) is 13.8 Å². The molecule has 1 fully saturated rings. The Morgan fingerprint density at radius 1 is 0.919 bits per heavy atom. The Morgan fingerprint density at radius 2 is 1.70 bits per heavy atom. The fourth-order valence-electron chi connectivity index (χ4n) is 5.03. The molecule has 4 aromatic rings. The molecule has 5 rings (SSSR count). The Labute approximate surface area is 218 Å². The summed E-state index contributed by atoms with van der Waals surface area (Å²) < 4.78 is 13.9. The maximum absolute atomic E-state index is 13.0. The Bertz CT molecular complexity index is 1380. The monoisotopic (exact) mass is 497 g/mol. The van der Waals surface area contributed by atoms with Gasteiger partial charge >= 0.3 is 0 Å². The van der Waals surface area contributed by atoms with Crippen LogP contribution in [0.4, 0.5) is 5.69 Å². The van der Waals surface area contributed by atoms with Crippen molar-refractivity contribution in [3.05, 3.63) is 83.7 Å². The number of carbonyl (C=O) groups excluding carboxylic acids is 1. The number of ether oxygens (including phenoxy) is 2. The molecule has 192 valence electrons. The molecule has 37 heavy (non-hydrogen) atoms. The first-order valence-corrected chi connectivity index (χ1v) is 13.2. The van der Waals surface area contributed by atoms with Gasteiger partial charge in [-0.25, -0.2) is 4.98 Å². The van der Waals surface area contributed by atoms with Gasteiger partial charge in [0.25, 0.3) is 0 Å². The number of fused-ring (bicyclic) bond motifs is 1. The van der Waals surface area contributed by atoms with Gasteiger partial charge in [-0.1, -0.05) is 18.2 Å². The first kappa shape index (κ1) is 24.9. The van der Waals surface area contributed by atoms with Crippen molar-refractivity contribution in [2.75, 3.05) is 24.7 Å². The molecular formula is C31H35N3O3. The number of hydrogen-bond acceptors (Lipinski definition) is 4. The number of amides is 1. The van der Waals surface area contributed by atoms with Crippen LogP contribution >= 0.6 is 0 Å². The Kier molecular flexibility index (Phi) is 7.45. The molecule has 0 aliphatic carbocycles. The summed E-state index contributed by atoms with van der Waals surface area (Å²) in [6, 6.07) is 22.3. The van der Waals surface area contributed by atoms with E-state index in [1.807, 2.05) is 48.2 Å². The number of hydrogen-bond donors (Lipinski definition) is 0. The van der Waals surface area contributed by atoms with E-state index in [0.29, 0.717) is 26.2 Å². The van der Waals surface area contributed by atoms with Crippen LogP contribution in [0.3, 0.4) is 0 Å². The van der Waals surface area contributed by atoms with Gasteiger partial charge in [-0.3, -0.25) is 4.79 Å². The van der Waals surface area contributed by atoms with Crippen molar-refractivity contribution in [2.45, 2.75) is 52.5 Å². The van der Waals surface area contributed by atoms with Crippen LogP contribution in [0.5, 0.6) is 11.5 Å². The second-order valence-corrected chi connectivity index (χ2v) is 9.74. The Hall–Kier alpha value is -3.80. The van der Waals surface area contributed by atoms with E-state index in [0.717, 1.165) is 53.4 Å². The van der Waals surface area contributed by atoms with Gasteiger partial charge < -0.3 is 18.9 Å². The third-order valence-corrected chi connectivity index (χ3v) is 7.16. The first-order valence-electron chi connectivity index (χ1n) is 13.2. The predicted molar refractivity (Wildman–Crippen MR) is 148 cm³/mol. The van der Waals surface area contributed by atoms with Crippen LogP contribution in [-0.2, 0) is 11.3 Å². The minimum atomic E-state index is 0.0539. The van der Waals surface area contributed by atoms with Crippen LogP contribution in [0.15, 0.2) is 66.7 Å². The lowest BCUT2D eigenvalue weighted by atomic mass is 10.1. The van der Waals surface area contributed by atoms with Crippen LogP contribution < -0.4 is 14.4 Å². The van der Waals surface area contributed by atoms with E-state index >= 15 is 0 Å². The van der Waals surface area contributed by atoms with Gasteiger partial charge in [0.1, 0.15) is 17.3 Å². The summed E-state index contributed by atoms with van der Waals surface area (Å²) in [5.74, 6) is 2.93. The number of imidazole rings is 1. The number of carbonyl (C=O) groups is 1. The maximum atomic E-state index is 13.0. The largest absolute Gasteiger partial charge is 0.494 e. The average Bonchev–Trinajstić information content (AvgIpc) is 3.47. The van der Waals surface area contributed by atoms with Crippen molar-refractivity contribution in [3.63, 3.8) is 0 Å². The summed E-state index contributed by atoms with van der Waals surface area (Å²) in [5, 5.41) is 0. The molecule has 6 heteroatoms. The predicted octanol–water partition coefficient (Wildman–Crippen LogP) is 6.43. The van der Waals surface area contributed by atoms with Crippen molar-refractivity contribution in [2.24, 2.45) is 0 Å². The van der Waals surface area contributed by atoms with Crippen LogP contribution in [0.2, 0.25) is 0 Å². The van der Waals surface area contributed by atoms with Gasteiger partial charge in [-0.05, 0) is 93.3 Å².